The minimum Gasteiger partial charge on any atom is -0.247 e. The predicted molar refractivity (Wildman–Crippen MR) is 217 cm³/mol. The van der Waals surface area contributed by atoms with Gasteiger partial charge in [0.25, 0.3) is 0 Å². The van der Waals surface area contributed by atoms with Crippen molar-refractivity contribution in [1.29, 1.82) is 0 Å². The molecule has 0 spiro atoms. The molecule has 250 valence electrons. The van der Waals surface area contributed by atoms with E-state index in [0.29, 0.717) is 5.92 Å². The zero-order valence-electron chi connectivity index (χ0n) is 30.3. The second-order valence-corrected chi connectivity index (χ2v) is 11.7. The quantitative estimate of drug-likeness (QED) is 0.187. The molecule has 0 bridgehead atoms. The van der Waals surface area contributed by atoms with E-state index in [4.69, 9.17) is 9.98 Å². The molecule has 0 saturated heterocycles. The molecule has 0 aromatic heterocycles. The number of fused-ring (bicyclic) bond motifs is 2. The maximum Gasteiger partial charge on any atom is 0.0784 e. The summed E-state index contributed by atoms with van der Waals surface area (Å²) in [5.41, 5.74) is 13.3. The predicted octanol–water partition coefficient (Wildman–Crippen LogP) is 13.6. The van der Waals surface area contributed by atoms with Gasteiger partial charge in [-0.3, -0.25) is 0 Å². The van der Waals surface area contributed by atoms with E-state index >= 15 is 0 Å². The highest BCUT2D eigenvalue weighted by atomic mass is 14.8. The van der Waals surface area contributed by atoms with Crippen molar-refractivity contribution in [3.05, 3.63) is 180 Å². The van der Waals surface area contributed by atoms with Gasteiger partial charge in [0.2, 0.25) is 0 Å². The second kappa shape index (κ2) is 19.1. The van der Waals surface area contributed by atoms with Gasteiger partial charge in [-0.1, -0.05) is 169 Å². The molecule has 1 atom stereocenters. The van der Waals surface area contributed by atoms with Crippen molar-refractivity contribution in [2.24, 2.45) is 9.98 Å². The minimum absolute atomic E-state index is 0.389. The summed E-state index contributed by atoms with van der Waals surface area (Å²) >= 11 is 0. The highest BCUT2D eigenvalue weighted by molar-refractivity contribution is 6.34. The average molecular weight is 645 g/mol. The van der Waals surface area contributed by atoms with Crippen LogP contribution in [-0.4, -0.2) is 11.4 Å². The third kappa shape index (κ3) is 9.09. The first-order chi connectivity index (χ1) is 24.2. The Morgan fingerprint density at radius 3 is 2.04 bits per heavy atom. The van der Waals surface area contributed by atoms with Crippen LogP contribution < -0.4 is 0 Å². The van der Waals surface area contributed by atoms with Crippen LogP contribution in [0.4, 0.5) is 11.4 Å². The van der Waals surface area contributed by atoms with Crippen LogP contribution in [0.2, 0.25) is 0 Å². The summed E-state index contributed by atoms with van der Waals surface area (Å²) < 4.78 is 0. The summed E-state index contributed by atoms with van der Waals surface area (Å²) in [5.74, 6) is 0.389. The van der Waals surface area contributed by atoms with E-state index in [0.717, 1.165) is 70.8 Å². The van der Waals surface area contributed by atoms with Crippen molar-refractivity contribution < 1.29 is 0 Å². The zero-order valence-corrected chi connectivity index (χ0v) is 30.3. The number of benzene rings is 4. The second-order valence-electron chi connectivity index (χ2n) is 11.7. The van der Waals surface area contributed by atoms with Crippen LogP contribution in [0.15, 0.2) is 162 Å². The Bertz CT molecular complexity index is 1860. The Kier molecular flexibility index (Phi) is 14.3. The summed E-state index contributed by atoms with van der Waals surface area (Å²) in [6, 6.07) is 36.6. The molecule has 0 fully saturated rings. The van der Waals surface area contributed by atoms with E-state index in [9.17, 15) is 0 Å². The Balaban J connectivity index is 0.00000130. The molecule has 0 radical (unpaired) electrons. The lowest BCUT2D eigenvalue weighted by molar-refractivity contribution is 0.781. The number of aryl methyl sites for hydroxylation is 1. The zero-order chi connectivity index (χ0) is 35.0. The summed E-state index contributed by atoms with van der Waals surface area (Å²) in [7, 11) is 0. The fraction of sp³-hybridized carbons (Fsp3) is 0.234. The molecule has 4 aromatic rings. The molecule has 4 aromatic carbocycles. The van der Waals surface area contributed by atoms with Crippen LogP contribution >= 0.6 is 0 Å². The molecule has 6 rings (SSSR count). The van der Waals surface area contributed by atoms with Gasteiger partial charge in [-0.2, -0.15) is 0 Å². The largest absolute Gasteiger partial charge is 0.247 e. The number of aliphatic imine (C=N–C) groups is 2. The molecular formula is C47H52N2. The molecule has 2 heterocycles. The van der Waals surface area contributed by atoms with Crippen LogP contribution in [0.5, 0.6) is 0 Å². The van der Waals surface area contributed by atoms with E-state index in [1.807, 2.05) is 46.8 Å². The van der Waals surface area contributed by atoms with Crippen LogP contribution in [-0.2, 0) is 6.42 Å². The molecule has 0 saturated carbocycles. The van der Waals surface area contributed by atoms with Crippen LogP contribution in [0.1, 0.15) is 94.5 Å². The maximum atomic E-state index is 5.35. The first-order valence-corrected chi connectivity index (χ1v) is 18.0. The normalized spacial score (nSPS) is 18.2. The van der Waals surface area contributed by atoms with Crippen LogP contribution in [0, 0.1) is 0 Å². The topological polar surface area (TPSA) is 24.7 Å². The minimum atomic E-state index is 0.389. The van der Waals surface area contributed by atoms with Gasteiger partial charge in [0.15, 0.2) is 0 Å². The van der Waals surface area contributed by atoms with Gasteiger partial charge in [-0.25, -0.2) is 9.98 Å². The van der Waals surface area contributed by atoms with Gasteiger partial charge in [-0.15, -0.1) is 0 Å². The van der Waals surface area contributed by atoms with Crippen molar-refractivity contribution in [3.63, 3.8) is 0 Å². The number of hydrogen-bond donors (Lipinski definition) is 0. The SMILES string of the molecule is C=C/C(=C\C=C/C)C1=Nc2ccccc2CCC/C=C/1c1ccc(C2=Nc3ccccc3C(C)C/C=C/2c2ccccc2)cc1.CC.CC. The van der Waals surface area contributed by atoms with Crippen molar-refractivity contribution in [3.8, 4) is 0 Å². The maximum absolute atomic E-state index is 5.35. The fourth-order valence-corrected chi connectivity index (χ4v) is 6.17. The Labute approximate surface area is 295 Å². The van der Waals surface area contributed by atoms with Crippen LogP contribution in [0.25, 0.3) is 11.1 Å². The van der Waals surface area contributed by atoms with Gasteiger partial charge in [0.05, 0.1) is 22.8 Å². The van der Waals surface area contributed by atoms with E-state index in [1.165, 1.54) is 22.3 Å². The van der Waals surface area contributed by atoms with Crippen molar-refractivity contribution in [2.45, 2.75) is 73.1 Å². The molecular weight excluding hydrogens is 593 g/mol. The van der Waals surface area contributed by atoms with Crippen molar-refractivity contribution in [2.75, 3.05) is 0 Å². The summed E-state index contributed by atoms with van der Waals surface area (Å²) in [5, 5.41) is 0. The number of hydrogen-bond acceptors (Lipinski definition) is 2. The van der Waals surface area contributed by atoms with Crippen molar-refractivity contribution >= 4 is 33.9 Å². The first kappa shape index (κ1) is 36.8. The molecule has 49 heavy (non-hydrogen) atoms. The fourth-order valence-electron chi connectivity index (χ4n) is 6.17. The number of rotatable bonds is 6. The highest BCUT2D eigenvalue weighted by Crippen LogP contribution is 2.36. The molecule has 0 aliphatic carbocycles. The smallest absolute Gasteiger partial charge is 0.0784 e. The first-order valence-electron chi connectivity index (χ1n) is 18.0. The Morgan fingerprint density at radius 2 is 1.33 bits per heavy atom. The van der Waals surface area contributed by atoms with Gasteiger partial charge in [-0.05, 0) is 72.9 Å². The van der Waals surface area contributed by atoms with E-state index in [-0.39, 0.29) is 0 Å². The van der Waals surface area contributed by atoms with E-state index in [1.54, 1.807) is 0 Å². The number of allylic oxidation sites excluding steroid dienone is 9. The monoisotopic (exact) mass is 644 g/mol. The highest BCUT2D eigenvalue weighted by Gasteiger charge is 2.20. The average Bonchev–Trinajstić information content (AvgIpc) is 3.25. The number of nitrogens with zero attached hydrogens (tertiary/aromatic N) is 2. The van der Waals surface area contributed by atoms with E-state index < -0.39 is 0 Å². The Hall–Kier alpha value is -5.08. The molecule has 2 heteroatoms. The summed E-state index contributed by atoms with van der Waals surface area (Å²) in [6.45, 7) is 16.5. The molecule has 0 N–H and O–H groups in total. The van der Waals surface area contributed by atoms with Gasteiger partial charge >= 0.3 is 0 Å². The molecule has 1 unspecified atom stereocenters. The van der Waals surface area contributed by atoms with Crippen LogP contribution in [0.3, 0.4) is 0 Å². The third-order valence-corrected chi connectivity index (χ3v) is 8.62. The van der Waals surface area contributed by atoms with Crippen molar-refractivity contribution in [1.82, 2.24) is 0 Å². The molecule has 2 aliphatic heterocycles. The van der Waals surface area contributed by atoms with Gasteiger partial charge < -0.3 is 0 Å². The lowest BCUT2D eigenvalue weighted by Crippen LogP contribution is -2.09. The lowest BCUT2D eigenvalue weighted by Gasteiger charge is -2.21. The Morgan fingerprint density at radius 1 is 0.694 bits per heavy atom. The van der Waals surface area contributed by atoms with Gasteiger partial charge in [0.1, 0.15) is 0 Å². The molecule has 2 nitrogen and oxygen atoms in total. The molecule has 0 amide bonds. The lowest BCUT2D eigenvalue weighted by atomic mass is 9.88. The number of para-hydroxylation sites is 2. The standard InChI is InChI=1S/C43H40N2.2C2H6/c1-4-6-16-32(5-2)42-38(22-12-10-19-35-20-11-14-23-40(35)44-42)34-26-28-36(29-27-34)43-39(33-17-8-7-9-18-33)30-25-31(3)37-21-13-15-24-41(37)45-43;2*1-2/h4-9,11,13-18,20-24,26-31H,2,10,12,19,25H2,1,3H3;2*1-2H3/b6-4-,32-16+,38-22+,39-30+,44-42?,45-43?;;. The molecule has 2 aliphatic rings. The van der Waals surface area contributed by atoms with Gasteiger partial charge in [0, 0.05) is 22.3 Å². The summed E-state index contributed by atoms with van der Waals surface area (Å²) in [4.78, 5) is 10.7. The van der Waals surface area contributed by atoms with E-state index in [2.05, 4.69) is 141 Å². The summed E-state index contributed by atoms with van der Waals surface area (Å²) in [6.07, 6.45) is 16.8. The third-order valence-electron chi connectivity index (χ3n) is 8.62.